The lowest BCUT2D eigenvalue weighted by Gasteiger charge is -2.38. The fourth-order valence-electron chi connectivity index (χ4n) is 1.94. The average molecular weight is 309 g/mol. The number of benzene rings is 1. The van der Waals surface area contributed by atoms with Gasteiger partial charge in [-0.25, -0.2) is 17.5 Å². The summed E-state index contributed by atoms with van der Waals surface area (Å²) < 4.78 is 39.9. The van der Waals surface area contributed by atoms with Crippen LogP contribution in [-0.4, -0.2) is 20.5 Å². The van der Waals surface area contributed by atoms with Crippen LogP contribution < -0.4 is 10.5 Å². The van der Waals surface area contributed by atoms with Crippen LogP contribution in [0.5, 0.6) is 0 Å². The SMILES string of the molecule is Cc1ccc(F)c(S(=O)(=O)NCC2(N)CCC2)c1.Cl. The van der Waals surface area contributed by atoms with Gasteiger partial charge in [-0.15, -0.1) is 12.4 Å². The van der Waals surface area contributed by atoms with Crippen molar-refractivity contribution in [3.05, 3.63) is 29.6 Å². The molecule has 0 atom stereocenters. The fourth-order valence-corrected chi connectivity index (χ4v) is 3.24. The molecule has 0 saturated heterocycles. The molecule has 1 fully saturated rings. The van der Waals surface area contributed by atoms with Crippen LogP contribution in [0.4, 0.5) is 4.39 Å². The Kier molecular flexibility index (Phi) is 4.95. The zero-order chi connectivity index (χ0) is 13.4. The Balaban J connectivity index is 0.00000180. The highest BCUT2D eigenvalue weighted by molar-refractivity contribution is 7.89. The molecule has 19 heavy (non-hydrogen) atoms. The van der Waals surface area contributed by atoms with E-state index in [2.05, 4.69) is 4.72 Å². The molecule has 1 aromatic carbocycles. The summed E-state index contributed by atoms with van der Waals surface area (Å²) in [6.07, 6.45) is 2.61. The van der Waals surface area contributed by atoms with Crippen LogP contribution in [0.25, 0.3) is 0 Å². The minimum absolute atomic E-state index is 0. The minimum Gasteiger partial charge on any atom is -0.324 e. The predicted octanol–water partition coefficient (Wildman–Crippen LogP) is 1.72. The first-order valence-corrected chi connectivity index (χ1v) is 7.35. The fraction of sp³-hybridized carbons (Fsp3) is 0.500. The quantitative estimate of drug-likeness (QED) is 0.889. The standard InChI is InChI=1S/C12H17FN2O2S.ClH/c1-9-3-4-10(13)11(7-9)18(16,17)15-8-12(14)5-2-6-12;/h3-4,7,15H,2,5-6,8,14H2,1H3;1H. The van der Waals surface area contributed by atoms with Crippen molar-refractivity contribution in [3.63, 3.8) is 0 Å². The van der Waals surface area contributed by atoms with Crippen molar-refractivity contribution in [2.45, 2.75) is 36.6 Å². The highest BCUT2D eigenvalue weighted by Gasteiger charge is 2.34. The van der Waals surface area contributed by atoms with Gasteiger partial charge in [0.1, 0.15) is 10.7 Å². The van der Waals surface area contributed by atoms with Gasteiger partial charge in [-0.1, -0.05) is 6.07 Å². The Bertz CT molecular complexity index is 559. The summed E-state index contributed by atoms with van der Waals surface area (Å²) in [4.78, 5) is -0.314. The van der Waals surface area contributed by atoms with Crippen LogP contribution in [0.1, 0.15) is 24.8 Å². The first-order chi connectivity index (χ1) is 8.32. The van der Waals surface area contributed by atoms with Crippen molar-refractivity contribution in [2.24, 2.45) is 5.73 Å². The molecule has 0 amide bonds. The smallest absolute Gasteiger partial charge is 0.243 e. The molecule has 0 bridgehead atoms. The van der Waals surface area contributed by atoms with Crippen molar-refractivity contribution < 1.29 is 12.8 Å². The van der Waals surface area contributed by atoms with E-state index in [0.29, 0.717) is 5.56 Å². The lowest BCUT2D eigenvalue weighted by atomic mass is 9.78. The lowest BCUT2D eigenvalue weighted by molar-refractivity contribution is 0.251. The second kappa shape index (κ2) is 5.75. The third-order valence-electron chi connectivity index (χ3n) is 3.34. The highest BCUT2D eigenvalue weighted by Crippen LogP contribution is 2.28. The summed E-state index contributed by atoms with van der Waals surface area (Å²) in [6.45, 7) is 1.87. The maximum absolute atomic E-state index is 13.5. The van der Waals surface area contributed by atoms with Crippen LogP contribution in [0.3, 0.4) is 0 Å². The van der Waals surface area contributed by atoms with E-state index in [1.165, 1.54) is 12.1 Å². The maximum atomic E-state index is 13.5. The van der Waals surface area contributed by atoms with Crippen LogP contribution >= 0.6 is 12.4 Å². The van der Waals surface area contributed by atoms with Crippen molar-refractivity contribution in [1.29, 1.82) is 0 Å². The summed E-state index contributed by atoms with van der Waals surface area (Å²) in [6, 6.07) is 4.01. The molecule has 1 saturated carbocycles. The van der Waals surface area contributed by atoms with Gasteiger partial charge in [-0.3, -0.25) is 0 Å². The van der Waals surface area contributed by atoms with E-state index >= 15 is 0 Å². The molecule has 108 valence electrons. The van der Waals surface area contributed by atoms with E-state index < -0.39 is 21.4 Å². The first kappa shape index (κ1) is 16.4. The van der Waals surface area contributed by atoms with E-state index in [-0.39, 0.29) is 23.8 Å². The molecular formula is C12H18ClFN2O2S. The van der Waals surface area contributed by atoms with Crippen molar-refractivity contribution in [2.75, 3.05) is 6.54 Å². The van der Waals surface area contributed by atoms with E-state index in [0.717, 1.165) is 25.3 Å². The summed E-state index contributed by atoms with van der Waals surface area (Å²) in [5, 5.41) is 0. The zero-order valence-corrected chi connectivity index (χ0v) is 12.3. The maximum Gasteiger partial charge on any atom is 0.243 e. The van der Waals surface area contributed by atoms with Crippen LogP contribution in [0.2, 0.25) is 0 Å². The average Bonchev–Trinajstić information content (AvgIpc) is 2.27. The van der Waals surface area contributed by atoms with Crippen molar-refractivity contribution in [1.82, 2.24) is 4.72 Å². The second-order valence-electron chi connectivity index (χ2n) is 4.97. The molecular weight excluding hydrogens is 291 g/mol. The Morgan fingerprint density at radius 1 is 1.42 bits per heavy atom. The van der Waals surface area contributed by atoms with E-state index in [9.17, 15) is 12.8 Å². The lowest BCUT2D eigenvalue weighted by Crippen LogP contribution is -2.54. The molecule has 0 aliphatic heterocycles. The summed E-state index contributed by atoms with van der Waals surface area (Å²) in [5.74, 6) is -0.743. The predicted molar refractivity (Wildman–Crippen MR) is 74.3 cm³/mol. The molecule has 4 nitrogen and oxygen atoms in total. The van der Waals surface area contributed by atoms with Gasteiger partial charge < -0.3 is 5.73 Å². The number of nitrogens with two attached hydrogens (primary N) is 1. The van der Waals surface area contributed by atoms with E-state index in [1.807, 2.05) is 0 Å². The highest BCUT2D eigenvalue weighted by atomic mass is 35.5. The van der Waals surface area contributed by atoms with Crippen molar-refractivity contribution in [3.8, 4) is 0 Å². The topological polar surface area (TPSA) is 72.2 Å². The zero-order valence-electron chi connectivity index (χ0n) is 10.6. The first-order valence-electron chi connectivity index (χ1n) is 5.87. The normalized spacial score (nSPS) is 17.4. The van der Waals surface area contributed by atoms with Gasteiger partial charge in [-0.05, 0) is 43.9 Å². The Morgan fingerprint density at radius 3 is 2.58 bits per heavy atom. The van der Waals surface area contributed by atoms with Gasteiger partial charge in [0.25, 0.3) is 0 Å². The molecule has 0 spiro atoms. The monoisotopic (exact) mass is 308 g/mol. The number of nitrogens with one attached hydrogen (secondary N) is 1. The second-order valence-corrected chi connectivity index (χ2v) is 6.71. The van der Waals surface area contributed by atoms with Gasteiger partial charge >= 0.3 is 0 Å². The van der Waals surface area contributed by atoms with Gasteiger partial charge in [0.2, 0.25) is 10.0 Å². The summed E-state index contributed by atoms with van der Waals surface area (Å²) in [5.41, 5.74) is 6.17. The molecule has 0 unspecified atom stereocenters. The van der Waals surface area contributed by atoms with Crippen LogP contribution in [0.15, 0.2) is 23.1 Å². The molecule has 3 N–H and O–H groups in total. The molecule has 0 heterocycles. The summed E-state index contributed by atoms with van der Waals surface area (Å²) >= 11 is 0. The minimum atomic E-state index is -3.83. The Morgan fingerprint density at radius 2 is 2.05 bits per heavy atom. The Labute approximate surface area is 119 Å². The molecule has 1 aromatic rings. The molecule has 1 aliphatic carbocycles. The molecule has 1 aliphatic rings. The van der Waals surface area contributed by atoms with Gasteiger partial charge in [0.05, 0.1) is 0 Å². The van der Waals surface area contributed by atoms with Gasteiger partial charge in [0.15, 0.2) is 0 Å². The largest absolute Gasteiger partial charge is 0.324 e. The van der Waals surface area contributed by atoms with E-state index in [4.69, 9.17) is 5.73 Å². The number of aryl methyl sites for hydroxylation is 1. The number of hydrogen-bond donors (Lipinski definition) is 2. The number of hydrogen-bond acceptors (Lipinski definition) is 3. The number of halogens is 2. The van der Waals surface area contributed by atoms with Gasteiger partial charge in [-0.2, -0.15) is 0 Å². The molecule has 0 aromatic heterocycles. The molecule has 0 radical (unpaired) electrons. The molecule has 7 heteroatoms. The third kappa shape index (κ3) is 3.66. The summed E-state index contributed by atoms with van der Waals surface area (Å²) in [7, 11) is -3.83. The van der Waals surface area contributed by atoms with Gasteiger partial charge in [0, 0.05) is 12.1 Å². The third-order valence-corrected chi connectivity index (χ3v) is 4.76. The van der Waals surface area contributed by atoms with Crippen molar-refractivity contribution >= 4 is 22.4 Å². The van der Waals surface area contributed by atoms with E-state index in [1.54, 1.807) is 6.92 Å². The van der Waals surface area contributed by atoms with Crippen LogP contribution in [0, 0.1) is 12.7 Å². The number of sulfonamides is 1. The van der Waals surface area contributed by atoms with Crippen LogP contribution in [-0.2, 0) is 10.0 Å². The number of rotatable bonds is 4. The molecule has 2 rings (SSSR count). The Hall–Kier alpha value is -0.690.